The Morgan fingerprint density at radius 2 is 1.52 bits per heavy atom. The molecule has 0 radical (unpaired) electrons. The van der Waals surface area contributed by atoms with Gasteiger partial charge in [-0.2, -0.15) is 0 Å². The van der Waals surface area contributed by atoms with Crippen LogP contribution in [0.4, 0.5) is 0 Å². The van der Waals surface area contributed by atoms with E-state index in [4.69, 9.17) is 28.4 Å². The van der Waals surface area contributed by atoms with Gasteiger partial charge in [0.05, 0.1) is 6.61 Å². The monoisotopic (exact) mass is 445 g/mol. The fraction of sp³-hybridized carbons (Fsp3) is 0.800. The van der Waals surface area contributed by atoms with Crippen molar-refractivity contribution < 1.29 is 47.6 Å². The molecule has 2 unspecified atom stereocenters. The van der Waals surface area contributed by atoms with Crippen molar-refractivity contribution in [3.8, 4) is 0 Å². The molecule has 3 fully saturated rings. The average molecular weight is 445 g/mol. The highest BCUT2D eigenvalue weighted by atomic mass is 16.8. The van der Waals surface area contributed by atoms with E-state index in [1.54, 1.807) is 0 Å². The summed E-state index contributed by atoms with van der Waals surface area (Å²) in [6.07, 6.45) is -3.01. The van der Waals surface area contributed by atoms with Gasteiger partial charge in [0, 0.05) is 47.1 Å². The summed E-state index contributed by atoms with van der Waals surface area (Å²) < 4.78 is 34.0. The Labute approximate surface area is 181 Å². The molecule has 2 saturated heterocycles. The summed E-state index contributed by atoms with van der Waals surface area (Å²) in [5, 5.41) is 0. The predicted octanol–water partition coefficient (Wildman–Crippen LogP) is 0.182. The Hall–Kier alpha value is -2.24. The zero-order chi connectivity index (χ0) is 23.4. The van der Waals surface area contributed by atoms with Crippen LogP contribution in [-0.2, 0) is 47.6 Å². The number of rotatable bonds is 9. The zero-order valence-electron chi connectivity index (χ0n) is 18.8. The maximum absolute atomic E-state index is 12.0. The number of nitrogens with zero attached hydrogens (tertiary/aromatic N) is 1. The molecule has 2 bridgehead atoms. The maximum Gasteiger partial charge on any atom is 0.303 e. The van der Waals surface area contributed by atoms with E-state index in [9.17, 15) is 19.2 Å². The lowest BCUT2D eigenvalue weighted by Crippen LogP contribution is -2.76. The quantitative estimate of drug-likeness (QED) is 0.356. The maximum atomic E-state index is 12.0. The first-order valence-electron chi connectivity index (χ1n) is 10.0. The van der Waals surface area contributed by atoms with Gasteiger partial charge in [-0.05, 0) is 14.1 Å². The standard InChI is InChI=1S/C20H31NO10/c1-12(22)26-11-18-19(30-15(4)25)9-17(29-14(3)24)20(31-18,27-8-7-21(5)6)10-16(19)28-13(2)23/h16-18H,7-11H2,1-6H3/t16?,17-,18+,19?,20+/m1/s1. The molecule has 5 atom stereocenters. The number of fused-ring (bicyclic) bond motifs is 3. The van der Waals surface area contributed by atoms with Crippen LogP contribution in [0.5, 0.6) is 0 Å². The summed E-state index contributed by atoms with van der Waals surface area (Å²) in [5.74, 6) is -3.86. The molecular formula is C20H31NO10. The molecule has 176 valence electrons. The van der Waals surface area contributed by atoms with Gasteiger partial charge < -0.3 is 33.3 Å². The van der Waals surface area contributed by atoms with Crippen LogP contribution in [-0.4, -0.2) is 92.3 Å². The number of carbonyl (C=O) groups is 4. The first kappa shape index (κ1) is 25.0. The zero-order valence-corrected chi connectivity index (χ0v) is 18.8. The number of hydrogen-bond acceptors (Lipinski definition) is 11. The largest absolute Gasteiger partial charge is 0.463 e. The molecule has 0 amide bonds. The van der Waals surface area contributed by atoms with Gasteiger partial charge in [-0.3, -0.25) is 19.2 Å². The second kappa shape index (κ2) is 9.92. The molecule has 2 aliphatic heterocycles. The topological polar surface area (TPSA) is 127 Å². The summed E-state index contributed by atoms with van der Waals surface area (Å²) >= 11 is 0. The Morgan fingerprint density at radius 3 is 2.03 bits per heavy atom. The lowest BCUT2D eigenvalue weighted by atomic mass is 9.70. The number of carbonyl (C=O) groups excluding carboxylic acids is 4. The average Bonchev–Trinajstić information content (AvgIpc) is 2.60. The predicted molar refractivity (Wildman–Crippen MR) is 104 cm³/mol. The lowest BCUT2D eigenvalue weighted by molar-refractivity contribution is -0.411. The highest BCUT2D eigenvalue weighted by Gasteiger charge is 2.71. The van der Waals surface area contributed by atoms with Crippen molar-refractivity contribution in [3.05, 3.63) is 0 Å². The smallest absolute Gasteiger partial charge is 0.303 e. The molecule has 3 aliphatic rings. The summed E-state index contributed by atoms with van der Waals surface area (Å²) in [6, 6.07) is 0. The van der Waals surface area contributed by atoms with Gasteiger partial charge in [0.25, 0.3) is 0 Å². The fourth-order valence-electron chi connectivity index (χ4n) is 4.01. The first-order valence-corrected chi connectivity index (χ1v) is 10.0. The van der Waals surface area contributed by atoms with Crippen molar-refractivity contribution in [1.82, 2.24) is 4.90 Å². The first-order chi connectivity index (χ1) is 14.4. The van der Waals surface area contributed by atoms with Crippen LogP contribution in [0.3, 0.4) is 0 Å². The van der Waals surface area contributed by atoms with Gasteiger partial charge in [0.2, 0.25) is 5.79 Å². The second-order valence-electron chi connectivity index (χ2n) is 8.03. The van der Waals surface area contributed by atoms with Crippen molar-refractivity contribution in [3.63, 3.8) is 0 Å². The third kappa shape index (κ3) is 5.92. The molecule has 0 spiro atoms. The van der Waals surface area contributed by atoms with E-state index >= 15 is 0 Å². The number of ether oxygens (including phenoxy) is 6. The highest BCUT2D eigenvalue weighted by molar-refractivity contribution is 5.69. The third-order valence-corrected chi connectivity index (χ3v) is 5.17. The van der Waals surface area contributed by atoms with E-state index in [1.807, 2.05) is 19.0 Å². The SMILES string of the molecule is CC(=O)OC[C@@H]1O[C@@]2(OCCN(C)C)CC(OC(C)=O)C1(OC(C)=O)C[C@H]2OC(C)=O. The van der Waals surface area contributed by atoms with Gasteiger partial charge in [-0.15, -0.1) is 0 Å². The molecule has 11 nitrogen and oxygen atoms in total. The molecule has 2 heterocycles. The summed E-state index contributed by atoms with van der Waals surface area (Å²) in [4.78, 5) is 49.0. The Morgan fingerprint density at radius 1 is 0.903 bits per heavy atom. The summed E-state index contributed by atoms with van der Waals surface area (Å²) in [7, 11) is 3.73. The van der Waals surface area contributed by atoms with Crippen molar-refractivity contribution in [2.75, 3.05) is 33.9 Å². The van der Waals surface area contributed by atoms with Crippen LogP contribution in [0.15, 0.2) is 0 Å². The number of esters is 4. The third-order valence-electron chi connectivity index (χ3n) is 5.17. The minimum atomic E-state index is -1.53. The van der Waals surface area contributed by atoms with Gasteiger partial charge in [0.15, 0.2) is 11.7 Å². The molecule has 0 aromatic rings. The molecule has 11 heteroatoms. The van der Waals surface area contributed by atoms with Crippen LogP contribution in [0.2, 0.25) is 0 Å². The Bertz CT molecular complexity index is 710. The van der Waals surface area contributed by atoms with Crippen molar-refractivity contribution in [1.29, 1.82) is 0 Å². The van der Waals surface area contributed by atoms with Gasteiger partial charge >= 0.3 is 23.9 Å². The van der Waals surface area contributed by atoms with E-state index in [2.05, 4.69) is 0 Å². The van der Waals surface area contributed by atoms with Crippen LogP contribution in [0, 0.1) is 0 Å². The minimum Gasteiger partial charge on any atom is -0.463 e. The molecule has 3 rings (SSSR count). The van der Waals surface area contributed by atoms with Gasteiger partial charge in [-0.25, -0.2) is 0 Å². The van der Waals surface area contributed by atoms with E-state index < -0.39 is 53.6 Å². The van der Waals surface area contributed by atoms with Crippen molar-refractivity contribution >= 4 is 23.9 Å². The van der Waals surface area contributed by atoms with Crippen LogP contribution < -0.4 is 0 Å². The fourth-order valence-corrected chi connectivity index (χ4v) is 4.01. The van der Waals surface area contributed by atoms with Crippen LogP contribution in [0.1, 0.15) is 40.5 Å². The highest BCUT2D eigenvalue weighted by Crippen LogP contribution is 2.52. The van der Waals surface area contributed by atoms with Gasteiger partial charge in [-0.1, -0.05) is 0 Å². The molecule has 0 N–H and O–H groups in total. The van der Waals surface area contributed by atoms with Crippen molar-refractivity contribution in [2.45, 2.75) is 70.2 Å². The van der Waals surface area contributed by atoms with E-state index in [0.717, 1.165) is 0 Å². The lowest BCUT2D eigenvalue weighted by Gasteiger charge is -2.60. The molecule has 0 aromatic heterocycles. The molecular weight excluding hydrogens is 414 g/mol. The second-order valence-corrected chi connectivity index (χ2v) is 8.03. The van der Waals surface area contributed by atoms with E-state index in [0.29, 0.717) is 6.54 Å². The summed E-state index contributed by atoms with van der Waals surface area (Å²) in [5.41, 5.74) is -1.53. The van der Waals surface area contributed by atoms with Crippen LogP contribution in [0.25, 0.3) is 0 Å². The van der Waals surface area contributed by atoms with Crippen LogP contribution >= 0.6 is 0 Å². The summed E-state index contributed by atoms with van der Waals surface area (Å²) in [6.45, 7) is 5.40. The normalized spacial score (nSPS) is 31.8. The molecule has 1 aliphatic carbocycles. The number of likely N-dealkylation sites (N-methyl/N-ethyl adjacent to an activating group) is 1. The Balaban J connectivity index is 2.49. The Kier molecular flexibility index (Phi) is 8.01. The minimum absolute atomic E-state index is 0.0399. The van der Waals surface area contributed by atoms with E-state index in [-0.39, 0.29) is 26.1 Å². The molecule has 1 saturated carbocycles. The van der Waals surface area contributed by atoms with E-state index in [1.165, 1.54) is 27.7 Å². The van der Waals surface area contributed by atoms with Gasteiger partial charge in [0.1, 0.15) is 18.8 Å². The number of hydrogen-bond donors (Lipinski definition) is 0. The van der Waals surface area contributed by atoms with Crippen molar-refractivity contribution in [2.24, 2.45) is 0 Å². The molecule has 31 heavy (non-hydrogen) atoms. The molecule has 0 aromatic carbocycles.